The highest BCUT2D eigenvalue weighted by atomic mass is 16.1. The maximum atomic E-state index is 11.9. The molecule has 0 aromatic carbocycles. The Morgan fingerprint density at radius 1 is 1.53 bits per heavy atom. The molecule has 2 rings (SSSR count). The highest BCUT2D eigenvalue weighted by Crippen LogP contribution is 2.19. The summed E-state index contributed by atoms with van der Waals surface area (Å²) < 4.78 is 1.73. The molecule has 0 radical (unpaired) electrons. The van der Waals surface area contributed by atoms with Crippen molar-refractivity contribution in [1.82, 2.24) is 9.78 Å². The minimum absolute atomic E-state index is 0.266. The molecule has 3 nitrogen and oxygen atoms in total. The lowest BCUT2D eigenvalue weighted by molar-refractivity contribution is -0.115. The number of ketones is 1. The molecule has 1 aliphatic rings. The lowest BCUT2D eigenvalue weighted by Gasteiger charge is -2.10. The number of hydrogen-bond acceptors (Lipinski definition) is 2. The van der Waals surface area contributed by atoms with E-state index in [9.17, 15) is 4.79 Å². The van der Waals surface area contributed by atoms with Crippen LogP contribution in [0.3, 0.4) is 0 Å². The number of carbonyl (C=O) groups excluding carboxylic acids is 1. The van der Waals surface area contributed by atoms with Gasteiger partial charge in [0.15, 0.2) is 5.78 Å². The zero-order valence-corrected chi connectivity index (χ0v) is 9.07. The highest BCUT2D eigenvalue weighted by molar-refractivity contribution is 5.96. The van der Waals surface area contributed by atoms with E-state index >= 15 is 0 Å². The number of allylic oxidation sites excluding steroid dienone is 2. The molecule has 0 N–H and O–H groups in total. The molecule has 1 heterocycles. The average molecular weight is 204 g/mol. The molecule has 0 bridgehead atoms. The average Bonchev–Trinajstić information content (AvgIpc) is 2.65. The maximum absolute atomic E-state index is 11.9. The van der Waals surface area contributed by atoms with Crippen molar-refractivity contribution in [3.05, 3.63) is 29.6 Å². The van der Waals surface area contributed by atoms with Crippen molar-refractivity contribution in [2.75, 3.05) is 0 Å². The van der Waals surface area contributed by atoms with Crippen LogP contribution in [0, 0.1) is 0 Å². The quantitative estimate of drug-likeness (QED) is 0.755. The Bertz CT molecular complexity index is 390. The zero-order valence-electron chi connectivity index (χ0n) is 9.07. The van der Waals surface area contributed by atoms with E-state index in [1.54, 1.807) is 10.9 Å². The van der Waals surface area contributed by atoms with Gasteiger partial charge in [0.2, 0.25) is 0 Å². The first-order valence-electron chi connectivity index (χ1n) is 5.45. The van der Waals surface area contributed by atoms with Crippen LogP contribution in [-0.2, 0) is 18.3 Å². The van der Waals surface area contributed by atoms with Gasteiger partial charge in [0.1, 0.15) is 0 Å². The summed E-state index contributed by atoms with van der Waals surface area (Å²) in [5, 5.41) is 4.06. The van der Waals surface area contributed by atoms with Gasteiger partial charge in [-0.25, -0.2) is 0 Å². The number of nitrogens with zero attached hydrogens (tertiary/aromatic N) is 2. The first kappa shape index (κ1) is 10.1. The van der Waals surface area contributed by atoms with Crippen LogP contribution in [0.25, 0.3) is 0 Å². The van der Waals surface area contributed by atoms with Crippen molar-refractivity contribution < 1.29 is 4.79 Å². The van der Waals surface area contributed by atoms with Crippen LogP contribution in [0.5, 0.6) is 0 Å². The molecule has 0 saturated carbocycles. The van der Waals surface area contributed by atoms with Gasteiger partial charge < -0.3 is 0 Å². The molecule has 0 spiro atoms. The van der Waals surface area contributed by atoms with Crippen LogP contribution in [-0.4, -0.2) is 15.6 Å². The number of carbonyl (C=O) groups is 1. The second-order valence-electron chi connectivity index (χ2n) is 4.10. The summed E-state index contributed by atoms with van der Waals surface area (Å²) in [5.41, 5.74) is 2.03. The van der Waals surface area contributed by atoms with E-state index in [-0.39, 0.29) is 5.78 Å². The lowest BCUT2D eigenvalue weighted by atomic mass is 9.94. The molecule has 1 aliphatic carbocycles. The van der Waals surface area contributed by atoms with Crippen LogP contribution in [0.2, 0.25) is 0 Å². The van der Waals surface area contributed by atoms with E-state index in [1.165, 1.54) is 6.42 Å². The molecule has 0 amide bonds. The van der Waals surface area contributed by atoms with E-state index in [1.807, 2.05) is 13.2 Å². The van der Waals surface area contributed by atoms with Gasteiger partial charge in [0.25, 0.3) is 0 Å². The third-order valence-corrected chi connectivity index (χ3v) is 2.77. The van der Waals surface area contributed by atoms with E-state index < -0.39 is 0 Å². The molecule has 3 heteroatoms. The third kappa shape index (κ3) is 2.55. The van der Waals surface area contributed by atoms with E-state index in [4.69, 9.17) is 0 Å². The van der Waals surface area contributed by atoms with Gasteiger partial charge in [-0.05, 0) is 36.8 Å². The first-order chi connectivity index (χ1) is 7.25. The molecular formula is C12H16N2O. The van der Waals surface area contributed by atoms with E-state index in [2.05, 4.69) is 11.2 Å². The summed E-state index contributed by atoms with van der Waals surface area (Å²) in [6.07, 6.45) is 10.7. The fourth-order valence-electron chi connectivity index (χ4n) is 1.95. The van der Waals surface area contributed by atoms with Gasteiger partial charge in [0, 0.05) is 19.7 Å². The van der Waals surface area contributed by atoms with Crippen molar-refractivity contribution in [2.45, 2.75) is 32.1 Å². The topological polar surface area (TPSA) is 34.9 Å². The largest absolute Gasteiger partial charge is 0.294 e. The van der Waals surface area contributed by atoms with E-state index in [0.29, 0.717) is 6.42 Å². The molecule has 1 aromatic rings. The fourth-order valence-corrected chi connectivity index (χ4v) is 1.95. The van der Waals surface area contributed by atoms with Gasteiger partial charge in [-0.3, -0.25) is 9.48 Å². The Labute approximate surface area is 89.8 Å². The van der Waals surface area contributed by atoms with Crippen LogP contribution in [0.15, 0.2) is 24.0 Å². The van der Waals surface area contributed by atoms with E-state index in [0.717, 1.165) is 30.4 Å². The van der Waals surface area contributed by atoms with Gasteiger partial charge in [-0.15, -0.1) is 0 Å². The Kier molecular flexibility index (Phi) is 2.99. The monoisotopic (exact) mass is 204 g/mol. The number of rotatable bonds is 3. The minimum Gasteiger partial charge on any atom is -0.294 e. The van der Waals surface area contributed by atoms with Crippen molar-refractivity contribution >= 4 is 5.78 Å². The minimum atomic E-state index is 0.266. The maximum Gasteiger partial charge on any atom is 0.163 e. The van der Waals surface area contributed by atoms with Crippen molar-refractivity contribution in [1.29, 1.82) is 0 Å². The molecule has 0 saturated heterocycles. The molecule has 1 aromatic heterocycles. The van der Waals surface area contributed by atoms with Crippen LogP contribution in [0.1, 0.15) is 31.2 Å². The second kappa shape index (κ2) is 4.43. The standard InChI is InChI=1S/C12H16N2O/c1-14-9-10(8-13-14)7-12(15)11-5-3-2-4-6-11/h5,8-9H,2-4,6-7H2,1H3. The molecule has 0 aliphatic heterocycles. The SMILES string of the molecule is Cn1cc(CC(=O)C2=CCCCC2)cn1. The number of Topliss-reactive ketones (excluding diaryl/α,β-unsaturated/α-hetero) is 1. The number of aromatic nitrogens is 2. The first-order valence-corrected chi connectivity index (χ1v) is 5.45. The van der Waals surface area contributed by atoms with Crippen LogP contribution >= 0.6 is 0 Å². The lowest BCUT2D eigenvalue weighted by Crippen LogP contribution is -2.08. The van der Waals surface area contributed by atoms with Gasteiger partial charge in [-0.1, -0.05) is 6.08 Å². The smallest absolute Gasteiger partial charge is 0.163 e. The number of hydrogen-bond donors (Lipinski definition) is 0. The predicted octanol–water partition coefficient (Wildman–Crippen LogP) is 2.03. The summed E-state index contributed by atoms with van der Waals surface area (Å²) in [6.45, 7) is 0. The third-order valence-electron chi connectivity index (χ3n) is 2.77. The Balaban J connectivity index is 2.00. The molecule has 80 valence electrons. The summed E-state index contributed by atoms with van der Waals surface area (Å²) in [5.74, 6) is 0.266. The van der Waals surface area contributed by atoms with Gasteiger partial charge in [0.05, 0.1) is 6.20 Å². The molecule has 0 atom stereocenters. The Morgan fingerprint density at radius 2 is 2.40 bits per heavy atom. The summed E-state index contributed by atoms with van der Waals surface area (Å²) in [7, 11) is 1.87. The van der Waals surface area contributed by atoms with Crippen molar-refractivity contribution in [2.24, 2.45) is 7.05 Å². The molecular weight excluding hydrogens is 188 g/mol. The van der Waals surface area contributed by atoms with Gasteiger partial charge in [-0.2, -0.15) is 5.10 Å². The van der Waals surface area contributed by atoms with Crippen LogP contribution < -0.4 is 0 Å². The highest BCUT2D eigenvalue weighted by Gasteiger charge is 2.13. The fraction of sp³-hybridized carbons (Fsp3) is 0.500. The van der Waals surface area contributed by atoms with Gasteiger partial charge >= 0.3 is 0 Å². The predicted molar refractivity (Wildman–Crippen MR) is 58.5 cm³/mol. The van der Waals surface area contributed by atoms with Crippen molar-refractivity contribution in [3.8, 4) is 0 Å². The summed E-state index contributed by atoms with van der Waals surface area (Å²) in [6, 6.07) is 0. The molecule has 0 fully saturated rings. The second-order valence-corrected chi connectivity index (χ2v) is 4.10. The normalized spacial score (nSPS) is 16.2. The van der Waals surface area contributed by atoms with Crippen LogP contribution in [0.4, 0.5) is 0 Å². The zero-order chi connectivity index (χ0) is 10.7. The summed E-state index contributed by atoms with van der Waals surface area (Å²) in [4.78, 5) is 11.9. The number of aryl methyl sites for hydroxylation is 1. The molecule has 0 unspecified atom stereocenters. The molecule has 15 heavy (non-hydrogen) atoms. The Hall–Kier alpha value is -1.38. The van der Waals surface area contributed by atoms with Crippen molar-refractivity contribution in [3.63, 3.8) is 0 Å². The Morgan fingerprint density at radius 3 is 3.00 bits per heavy atom. The summed E-state index contributed by atoms with van der Waals surface area (Å²) >= 11 is 0.